The summed E-state index contributed by atoms with van der Waals surface area (Å²) in [6.07, 6.45) is 1.75. The van der Waals surface area contributed by atoms with E-state index < -0.39 is 0 Å². The molecule has 1 saturated heterocycles. The summed E-state index contributed by atoms with van der Waals surface area (Å²) in [5.41, 5.74) is 1.33. The van der Waals surface area contributed by atoms with Gasteiger partial charge in [-0.05, 0) is 42.1 Å². The molecule has 0 aliphatic carbocycles. The number of carbonyl (C=O) groups is 1. The molecular formula is C18H16ClN3O3S. The van der Waals surface area contributed by atoms with Crippen molar-refractivity contribution in [2.24, 2.45) is 4.99 Å². The molecule has 1 fully saturated rings. The van der Waals surface area contributed by atoms with Gasteiger partial charge >= 0.3 is 0 Å². The zero-order valence-corrected chi connectivity index (χ0v) is 15.6. The highest BCUT2D eigenvalue weighted by Crippen LogP contribution is 2.33. The van der Waals surface area contributed by atoms with E-state index in [1.54, 1.807) is 25.3 Å². The molecule has 0 bridgehead atoms. The molecule has 1 amide bonds. The number of methoxy groups -OCH3 is 1. The van der Waals surface area contributed by atoms with Crippen molar-refractivity contribution < 1.29 is 14.3 Å². The van der Waals surface area contributed by atoms with Crippen molar-refractivity contribution >= 4 is 51.4 Å². The van der Waals surface area contributed by atoms with Crippen LogP contribution in [-0.2, 0) is 9.53 Å². The molecule has 1 aromatic carbocycles. The number of aromatic nitrogens is 1. The van der Waals surface area contributed by atoms with Crippen LogP contribution in [0.5, 0.6) is 5.75 Å². The Bertz CT molecular complexity index is 939. The summed E-state index contributed by atoms with van der Waals surface area (Å²) in [6.45, 7) is 2.80. The van der Waals surface area contributed by atoms with Gasteiger partial charge in [0.1, 0.15) is 11.3 Å². The lowest BCUT2D eigenvalue weighted by Gasteiger charge is -2.27. The first-order valence-electron chi connectivity index (χ1n) is 8.14. The van der Waals surface area contributed by atoms with Crippen molar-refractivity contribution in [2.75, 3.05) is 33.4 Å². The van der Waals surface area contributed by atoms with E-state index in [0.29, 0.717) is 40.1 Å². The number of rotatable bonds is 2. The largest absolute Gasteiger partial charge is 0.494 e. The van der Waals surface area contributed by atoms with Crippen LogP contribution < -0.4 is 4.74 Å². The Balaban J connectivity index is 1.63. The number of amides is 1. The fraction of sp³-hybridized carbons (Fsp3) is 0.278. The number of pyridine rings is 1. The van der Waals surface area contributed by atoms with Gasteiger partial charge in [0.2, 0.25) is 0 Å². The maximum atomic E-state index is 12.3. The summed E-state index contributed by atoms with van der Waals surface area (Å²) >= 11 is 7.61. The highest BCUT2D eigenvalue weighted by molar-refractivity contribution is 8.18. The van der Waals surface area contributed by atoms with Gasteiger partial charge in [0.15, 0.2) is 5.17 Å². The highest BCUT2D eigenvalue weighted by atomic mass is 35.5. The summed E-state index contributed by atoms with van der Waals surface area (Å²) < 4.78 is 10.7. The topological polar surface area (TPSA) is 64.0 Å². The second-order valence-electron chi connectivity index (χ2n) is 5.79. The fourth-order valence-corrected chi connectivity index (χ4v) is 4.00. The third-order valence-corrected chi connectivity index (χ3v) is 5.55. The van der Waals surface area contributed by atoms with E-state index >= 15 is 0 Å². The SMILES string of the molecule is COc1ccc(Cl)c2ccc(C=C3SC(N4CCOCC4)=NC3=O)nc12. The Morgan fingerprint density at radius 2 is 2.08 bits per heavy atom. The van der Waals surface area contributed by atoms with Gasteiger partial charge in [0, 0.05) is 18.5 Å². The number of aliphatic imine (C=N–C) groups is 1. The molecule has 4 rings (SSSR count). The molecule has 0 atom stereocenters. The van der Waals surface area contributed by atoms with Crippen LogP contribution in [0.1, 0.15) is 5.69 Å². The Morgan fingerprint density at radius 1 is 1.27 bits per heavy atom. The van der Waals surface area contributed by atoms with Crippen LogP contribution in [0.4, 0.5) is 0 Å². The minimum Gasteiger partial charge on any atom is -0.494 e. The number of nitrogens with zero attached hydrogens (tertiary/aromatic N) is 3. The Hall–Kier alpha value is -2.09. The molecule has 0 N–H and O–H groups in total. The van der Waals surface area contributed by atoms with Crippen molar-refractivity contribution in [1.82, 2.24) is 9.88 Å². The van der Waals surface area contributed by atoms with Crippen LogP contribution in [-0.4, -0.2) is 54.4 Å². The zero-order chi connectivity index (χ0) is 18.1. The van der Waals surface area contributed by atoms with Crippen LogP contribution in [0.25, 0.3) is 17.0 Å². The second-order valence-corrected chi connectivity index (χ2v) is 7.21. The number of halogens is 1. The number of amidine groups is 1. The number of hydrogen-bond donors (Lipinski definition) is 0. The van der Waals surface area contributed by atoms with Gasteiger partial charge in [0.25, 0.3) is 5.91 Å². The van der Waals surface area contributed by atoms with Crippen molar-refractivity contribution in [3.05, 3.63) is 39.9 Å². The first kappa shape index (κ1) is 17.3. The average molecular weight is 390 g/mol. The molecule has 2 aromatic rings. The standard InChI is InChI=1S/C18H16ClN3O3S/c1-24-14-5-4-13(19)12-3-2-11(20-16(12)14)10-15-17(23)21-18(26-15)22-6-8-25-9-7-22/h2-5,10H,6-9H2,1H3. The molecule has 8 heteroatoms. The van der Waals surface area contributed by atoms with Crippen LogP contribution in [0.15, 0.2) is 34.2 Å². The third kappa shape index (κ3) is 3.30. The van der Waals surface area contributed by atoms with Gasteiger partial charge in [0.05, 0.1) is 35.9 Å². The van der Waals surface area contributed by atoms with Gasteiger partial charge in [-0.15, -0.1) is 0 Å². The summed E-state index contributed by atoms with van der Waals surface area (Å²) in [5.74, 6) is 0.400. The maximum absolute atomic E-state index is 12.3. The minimum absolute atomic E-state index is 0.239. The minimum atomic E-state index is -0.239. The first-order valence-corrected chi connectivity index (χ1v) is 9.33. The van der Waals surface area contributed by atoms with Crippen LogP contribution >= 0.6 is 23.4 Å². The van der Waals surface area contributed by atoms with Gasteiger partial charge < -0.3 is 14.4 Å². The summed E-state index contributed by atoms with van der Waals surface area (Å²) in [5, 5.41) is 2.14. The van der Waals surface area contributed by atoms with Gasteiger partial charge in [-0.3, -0.25) is 4.79 Å². The van der Waals surface area contributed by atoms with E-state index in [1.165, 1.54) is 11.8 Å². The molecule has 2 aliphatic heterocycles. The van der Waals surface area contributed by atoms with E-state index in [-0.39, 0.29) is 5.91 Å². The van der Waals surface area contributed by atoms with Gasteiger partial charge in [-0.25, -0.2) is 4.98 Å². The number of benzene rings is 1. The van der Waals surface area contributed by atoms with Gasteiger partial charge in [-0.2, -0.15) is 4.99 Å². The van der Waals surface area contributed by atoms with E-state index in [2.05, 4.69) is 14.9 Å². The number of hydrogen-bond acceptors (Lipinski definition) is 6. The van der Waals surface area contributed by atoms with Gasteiger partial charge in [-0.1, -0.05) is 11.6 Å². The Labute approximate surface area is 159 Å². The fourth-order valence-electron chi connectivity index (χ4n) is 2.84. The van der Waals surface area contributed by atoms with E-state index in [4.69, 9.17) is 21.1 Å². The lowest BCUT2D eigenvalue weighted by atomic mass is 10.2. The van der Waals surface area contributed by atoms with Crippen LogP contribution in [0.2, 0.25) is 5.02 Å². The quantitative estimate of drug-likeness (QED) is 0.735. The highest BCUT2D eigenvalue weighted by Gasteiger charge is 2.27. The van der Waals surface area contributed by atoms with Crippen molar-refractivity contribution in [1.29, 1.82) is 0 Å². The molecule has 0 saturated carbocycles. The average Bonchev–Trinajstić information content (AvgIpc) is 3.03. The van der Waals surface area contributed by atoms with Crippen LogP contribution in [0, 0.1) is 0 Å². The second kappa shape index (κ2) is 7.26. The third-order valence-electron chi connectivity index (χ3n) is 4.18. The predicted molar refractivity (Wildman–Crippen MR) is 104 cm³/mol. The molecule has 0 spiro atoms. The first-order chi connectivity index (χ1) is 12.7. The predicted octanol–water partition coefficient (Wildman–Crippen LogP) is 3.20. The summed E-state index contributed by atoms with van der Waals surface area (Å²) in [6, 6.07) is 7.28. The number of fused-ring (bicyclic) bond motifs is 1. The maximum Gasteiger partial charge on any atom is 0.286 e. The molecular weight excluding hydrogens is 374 g/mol. The van der Waals surface area contributed by atoms with Crippen molar-refractivity contribution in [3.8, 4) is 5.75 Å². The molecule has 3 heterocycles. The number of carbonyl (C=O) groups excluding carboxylic acids is 1. The van der Waals surface area contributed by atoms with Crippen molar-refractivity contribution in [3.63, 3.8) is 0 Å². The van der Waals surface area contributed by atoms with Crippen molar-refractivity contribution in [2.45, 2.75) is 0 Å². The number of ether oxygens (including phenoxy) is 2. The molecule has 0 radical (unpaired) electrons. The molecule has 26 heavy (non-hydrogen) atoms. The summed E-state index contributed by atoms with van der Waals surface area (Å²) in [4.78, 5) is 23.7. The number of thioether (sulfide) groups is 1. The normalized spacial score (nSPS) is 19.3. The molecule has 0 unspecified atom stereocenters. The monoisotopic (exact) mass is 389 g/mol. The van der Waals surface area contributed by atoms with Crippen LogP contribution in [0.3, 0.4) is 0 Å². The molecule has 6 nitrogen and oxygen atoms in total. The Kier molecular flexibility index (Phi) is 4.84. The smallest absolute Gasteiger partial charge is 0.286 e. The van der Waals surface area contributed by atoms with E-state index in [0.717, 1.165) is 23.6 Å². The zero-order valence-electron chi connectivity index (χ0n) is 14.1. The molecule has 2 aliphatic rings. The lowest BCUT2D eigenvalue weighted by Crippen LogP contribution is -2.38. The summed E-state index contributed by atoms with van der Waals surface area (Å²) in [7, 11) is 1.59. The Morgan fingerprint density at radius 3 is 2.85 bits per heavy atom. The van der Waals surface area contributed by atoms with E-state index in [9.17, 15) is 4.79 Å². The number of morpholine rings is 1. The molecule has 1 aromatic heterocycles. The lowest BCUT2D eigenvalue weighted by molar-refractivity contribution is -0.113. The van der Waals surface area contributed by atoms with E-state index in [1.807, 2.05) is 12.1 Å². The molecule has 134 valence electrons.